The predicted molar refractivity (Wildman–Crippen MR) is 89.1 cm³/mol. The summed E-state index contributed by atoms with van der Waals surface area (Å²) in [5.41, 5.74) is -1.09. The van der Waals surface area contributed by atoms with E-state index >= 15 is 0 Å². The Bertz CT molecular complexity index is 559. The molecule has 0 radical (unpaired) electrons. The number of hydrogen-bond donors (Lipinski definition) is 3. The van der Waals surface area contributed by atoms with Crippen LogP contribution in [0.4, 0.5) is 0 Å². The molecule has 0 aliphatic carbocycles. The molecule has 1 aliphatic heterocycles. The van der Waals surface area contributed by atoms with E-state index in [0.717, 1.165) is 24.9 Å². The van der Waals surface area contributed by atoms with Crippen molar-refractivity contribution in [1.29, 1.82) is 0 Å². The first kappa shape index (κ1) is 17.5. The quantitative estimate of drug-likeness (QED) is 0.775. The van der Waals surface area contributed by atoms with Gasteiger partial charge in [-0.1, -0.05) is 51.1 Å². The highest BCUT2D eigenvalue weighted by molar-refractivity contribution is 5.90. The van der Waals surface area contributed by atoms with Gasteiger partial charge in [0.2, 0.25) is 5.91 Å². The number of carboxylic acid groups (broad SMARTS) is 1. The first-order valence-corrected chi connectivity index (χ1v) is 8.09. The molecule has 2 rings (SSSR count). The van der Waals surface area contributed by atoms with Gasteiger partial charge in [0.05, 0.1) is 6.04 Å². The SMILES string of the molecule is CC(C)(C)[C@](Cc1ccccc1)(NC(=O)[C@@H]1CCCN1)C(=O)O. The van der Waals surface area contributed by atoms with Crippen LogP contribution in [-0.2, 0) is 16.0 Å². The van der Waals surface area contributed by atoms with Gasteiger partial charge in [0.15, 0.2) is 0 Å². The smallest absolute Gasteiger partial charge is 0.330 e. The summed E-state index contributed by atoms with van der Waals surface area (Å²) in [6.07, 6.45) is 1.94. The third-order valence-electron chi connectivity index (χ3n) is 4.67. The molecule has 1 aromatic rings. The van der Waals surface area contributed by atoms with Crippen LogP contribution in [0.3, 0.4) is 0 Å². The lowest BCUT2D eigenvalue weighted by molar-refractivity contribution is -0.153. The van der Waals surface area contributed by atoms with Crippen LogP contribution in [-0.4, -0.2) is 35.1 Å². The zero-order valence-electron chi connectivity index (χ0n) is 14.1. The Balaban J connectivity index is 2.33. The lowest BCUT2D eigenvalue weighted by atomic mass is 9.70. The molecule has 1 saturated heterocycles. The monoisotopic (exact) mass is 318 g/mol. The molecule has 5 heteroatoms. The second-order valence-corrected chi connectivity index (χ2v) is 7.26. The van der Waals surface area contributed by atoms with Gasteiger partial charge >= 0.3 is 5.97 Å². The number of aliphatic carboxylic acids is 1. The number of carbonyl (C=O) groups excluding carboxylic acids is 1. The van der Waals surface area contributed by atoms with E-state index in [1.54, 1.807) is 0 Å². The Morgan fingerprint density at radius 2 is 1.91 bits per heavy atom. The fourth-order valence-electron chi connectivity index (χ4n) is 3.05. The third kappa shape index (κ3) is 3.72. The highest BCUT2D eigenvalue weighted by Gasteiger charge is 2.50. The predicted octanol–water partition coefficient (Wildman–Crippen LogP) is 1.97. The van der Waals surface area contributed by atoms with Gasteiger partial charge in [0.1, 0.15) is 5.54 Å². The summed E-state index contributed by atoms with van der Waals surface area (Å²) >= 11 is 0. The summed E-state index contributed by atoms with van der Waals surface area (Å²) in [5, 5.41) is 16.0. The molecule has 126 valence electrons. The van der Waals surface area contributed by atoms with Crippen molar-refractivity contribution in [3.05, 3.63) is 35.9 Å². The summed E-state index contributed by atoms with van der Waals surface area (Å²) in [4.78, 5) is 24.8. The van der Waals surface area contributed by atoms with E-state index < -0.39 is 16.9 Å². The topological polar surface area (TPSA) is 78.4 Å². The molecule has 3 N–H and O–H groups in total. The zero-order valence-corrected chi connectivity index (χ0v) is 14.1. The molecular formula is C18H26N2O3. The van der Waals surface area contributed by atoms with Gasteiger partial charge in [-0.2, -0.15) is 0 Å². The van der Waals surface area contributed by atoms with Crippen molar-refractivity contribution >= 4 is 11.9 Å². The van der Waals surface area contributed by atoms with E-state index in [1.165, 1.54) is 0 Å². The minimum Gasteiger partial charge on any atom is -0.479 e. The summed E-state index contributed by atoms with van der Waals surface area (Å²) in [7, 11) is 0. The number of benzene rings is 1. The van der Waals surface area contributed by atoms with Crippen molar-refractivity contribution in [2.24, 2.45) is 5.41 Å². The molecule has 5 nitrogen and oxygen atoms in total. The molecule has 0 unspecified atom stereocenters. The molecule has 23 heavy (non-hydrogen) atoms. The molecule has 1 amide bonds. The minimum absolute atomic E-state index is 0.226. The Morgan fingerprint density at radius 1 is 1.26 bits per heavy atom. The number of hydrogen-bond acceptors (Lipinski definition) is 3. The minimum atomic E-state index is -1.35. The van der Waals surface area contributed by atoms with Crippen LogP contribution in [0, 0.1) is 5.41 Å². The van der Waals surface area contributed by atoms with Gasteiger partial charge in [-0.15, -0.1) is 0 Å². The summed E-state index contributed by atoms with van der Waals surface area (Å²) in [6.45, 7) is 6.36. The van der Waals surface area contributed by atoms with Gasteiger partial charge in [0, 0.05) is 6.42 Å². The molecule has 1 heterocycles. The molecule has 2 atom stereocenters. The first-order chi connectivity index (χ1) is 10.8. The first-order valence-electron chi connectivity index (χ1n) is 8.09. The Kier molecular flexibility index (Phi) is 5.09. The normalized spacial score (nSPS) is 20.7. The van der Waals surface area contributed by atoms with E-state index in [0.29, 0.717) is 0 Å². The van der Waals surface area contributed by atoms with Crippen molar-refractivity contribution in [2.75, 3.05) is 6.54 Å². The van der Waals surface area contributed by atoms with Crippen LogP contribution < -0.4 is 10.6 Å². The van der Waals surface area contributed by atoms with Crippen molar-refractivity contribution in [3.63, 3.8) is 0 Å². The second-order valence-electron chi connectivity index (χ2n) is 7.26. The van der Waals surface area contributed by atoms with Crippen LogP contribution in [0.1, 0.15) is 39.2 Å². The maximum Gasteiger partial charge on any atom is 0.330 e. The Hall–Kier alpha value is -1.88. The lowest BCUT2D eigenvalue weighted by Crippen LogP contribution is -2.65. The summed E-state index contributed by atoms with van der Waals surface area (Å²) < 4.78 is 0. The van der Waals surface area contributed by atoms with Gasteiger partial charge < -0.3 is 15.7 Å². The van der Waals surface area contributed by atoms with Gasteiger partial charge in [0.25, 0.3) is 0 Å². The number of amides is 1. The van der Waals surface area contributed by atoms with Crippen molar-refractivity contribution in [2.45, 2.75) is 51.6 Å². The van der Waals surface area contributed by atoms with E-state index in [-0.39, 0.29) is 18.4 Å². The molecule has 1 aromatic carbocycles. The fraction of sp³-hybridized carbons (Fsp3) is 0.556. The van der Waals surface area contributed by atoms with Crippen LogP contribution in [0.2, 0.25) is 0 Å². The van der Waals surface area contributed by atoms with E-state index in [2.05, 4.69) is 10.6 Å². The number of carboxylic acids is 1. The third-order valence-corrected chi connectivity index (χ3v) is 4.67. The molecule has 0 bridgehead atoms. The fourth-order valence-corrected chi connectivity index (χ4v) is 3.05. The molecular weight excluding hydrogens is 292 g/mol. The largest absolute Gasteiger partial charge is 0.479 e. The van der Waals surface area contributed by atoms with Gasteiger partial charge in [-0.25, -0.2) is 4.79 Å². The van der Waals surface area contributed by atoms with Crippen LogP contribution in [0.5, 0.6) is 0 Å². The van der Waals surface area contributed by atoms with Crippen molar-refractivity contribution < 1.29 is 14.7 Å². The molecule has 1 fully saturated rings. The Labute approximate surface area is 137 Å². The average molecular weight is 318 g/mol. The maximum atomic E-state index is 12.6. The number of nitrogens with one attached hydrogen (secondary N) is 2. The summed E-state index contributed by atoms with van der Waals surface area (Å²) in [5.74, 6) is -1.23. The van der Waals surface area contributed by atoms with E-state index in [1.807, 2.05) is 51.1 Å². The van der Waals surface area contributed by atoms with Crippen LogP contribution in [0.25, 0.3) is 0 Å². The van der Waals surface area contributed by atoms with Crippen molar-refractivity contribution in [1.82, 2.24) is 10.6 Å². The zero-order chi connectivity index (χ0) is 17.1. The second kappa shape index (κ2) is 6.71. The van der Waals surface area contributed by atoms with Crippen LogP contribution >= 0.6 is 0 Å². The van der Waals surface area contributed by atoms with E-state index in [4.69, 9.17) is 0 Å². The molecule has 0 aromatic heterocycles. The molecule has 0 spiro atoms. The summed E-state index contributed by atoms with van der Waals surface area (Å²) in [6, 6.07) is 9.14. The van der Waals surface area contributed by atoms with Gasteiger partial charge in [-0.3, -0.25) is 4.79 Å². The molecule has 0 saturated carbocycles. The number of carbonyl (C=O) groups is 2. The van der Waals surface area contributed by atoms with Crippen LogP contribution in [0.15, 0.2) is 30.3 Å². The van der Waals surface area contributed by atoms with Crippen molar-refractivity contribution in [3.8, 4) is 0 Å². The van der Waals surface area contributed by atoms with E-state index in [9.17, 15) is 14.7 Å². The molecule has 1 aliphatic rings. The average Bonchev–Trinajstić information content (AvgIpc) is 3.00. The lowest BCUT2D eigenvalue weighted by Gasteiger charge is -2.42. The maximum absolute atomic E-state index is 12.6. The highest BCUT2D eigenvalue weighted by Crippen LogP contribution is 2.34. The highest BCUT2D eigenvalue weighted by atomic mass is 16.4. The van der Waals surface area contributed by atoms with Gasteiger partial charge in [-0.05, 0) is 30.4 Å². The Morgan fingerprint density at radius 3 is 2.39 bits per heavy atom. The standard InChI is InChI=1S/C18H26N2O3/c1-17(2,3)18(16(22)23,12-13-8-5-4-6-9-13)20-15(21)14-10-7-11-19-14/h4-6,8-9,14,19H,7,10-12H2,1-3H3,(H,20,21)(H,22,23)/t14-,18+/m0/s1. The number of rotatable bonds is 5.